The van der Waals surface area contributed by atoms with Gasteiger partial charge in [0.15, 0.2) is 0 Å². The molecule has 0 saturated heterocycles. The van der Waals surface area contributed by atoms with Crippen molar-refractivity contribution in [3.8, 4) is 0 Å². The van der Waals surface area contributed by atoms with Crippen LogP contribution < -0.4 is 5.73 Å². The number of nitrogens with zero attached hydrogens (tertiary/aromatic N) is 1. The number of anilines is 1. The molecule has 62 valence electrons. The summed E-state index contributed by atoms with van der Waals surface area (Å²) in [6.45, 7) is 0. The van der Waals surface area contributed by atoms with E-state index in [9.17, 15) is 13.2 Å². The molecule has 0 atom stereocenters. The lowest BCUT2D eigenvalue weighted by atomic mass is 10.3. The van der Waals surface area contributed by atoms with Gasteiger partial charge >= 0.3 is 6.18 Å². The second kappa shape index (κ2) is 2.44. The lowest BCUT2D eigenvalue weighted by Crippen LogP contribution is -2.10. The molecule has 0 amide bonds. The van der Waals surface area contributed by atoms with Crippen molar-refractivity contribution in [1.29, 1.82) is 0 Å². The number of nitrogen functional groups attached to an aromatic ring is 1. The van der Waals surface area contributed by atoms with Crippen LogP contribution in [0.15, 0.2) is 10.6 Å². The maximum atomic E-state index is 11.6. The van der Waals surface area contributed by atoms with Gasteiger partial charge in [-0.15, -0.1) is 0 Å². The molecule has 0 saturated carbocycles. The first kappa shape index (κ1) is 7.90. The number of hydrogen-bond acceptors (Lipinski definition) is 3. The number of halogens is 3. The first-order chi connectivity index (χ1) is 4.97. The van der Waals surface area contributed by atoms with Crippen molar-refractivity contribution < 1.29 is 17.6 Å². The molecule has 0 radical (unpaired) electrons. The summed E-state index contributed by atoms with van der Waals surface area (Å²) >= 11 is 0. The van der Waals surface area contributed by atoms with E-state index in [1.54, 1.807) is 0 Å². The minimum Gasteiger partial charge on any atom is -0.429 e. The highest BCUT2D eigenvalue weighted by Gasteiger charge is 2.29. The summed E-state index contributed by atoms with van der Waals surface area (Å²) in [6.07, 6.45) is -4.44. The Bertz CT molecular complexity index is 242. The van der Waals surface area contributed by atoms with Gasteiger partial charge in [-0.3, -0.25) is 0 Å². The van der Waals surface area contributed by atoms with Gasteiger partial charge in [-0.25, -0.2) is 4.98 Å². The molecular formula is C5H5F3N2O. The van der Waals surface area contributed by atoms with Crippen molar-refractivity contribution in [3.63, 3.8) is 0 Å². The predicted octanol–water partition coefficient (Wildman–Crippen LogP) is 1.36. The summed E-state index contributed by atoms with van der Waals surface area (Å²) in [7, 11) is 0. The van der Waals surface area contributed by atoms with Gasteiger partial charge in [0.1, 0.15) is 12.2 Å². The SMILES string of the molecule is Nc1ncc(CC(F)(F)F)o1. The summed E-state index contributed by atoms with van der Waals surface area (Å²) in [5.41, 5.74) is 4.95. The summed E-state index contributed by atoms with van der Waals surface area (Å²) < 4.78 is 39.3. The molecule has 0 bridgehead atoms. The summed E-state index contributed by atoms with van der Waals surface area (Å²) in [4.78, 5) is 3.31. The van der Waals surface area contributed by atoms with Gasteiger partial charge in [0.2, 0.25) is 0 Å². The predicted molar refractivity (Wildman–Crippen MR) is 30.7 cm³/mol. The van der Waals surface area contributed by atoms with Gasteiger partial charge in [0.25, 0.3) is 6.01 Å². The molecular weight excluding hydrogens is 161 g/mol. The summed E-state index contributed by atoms with van der Waals surface area (Å²) in [5.74, 6) is -0.269. The van der Waals surface area contributed by atoms with Crippen LogP contribution in [0.4, 0.5) is 19.2 Å². The Morgan fingerprint density at radius 2 is 2.18 bits per heavy atom. The molecule has 0 fully saturated rings. The molecule has 1 aromatic heterocycles. The third-order valence-corrected chi connectivity index (χ3v) is 0.946. The molecule has 11 heavy (non-hydrogen) atoms. The minimum absolute atomic E-state index is 0.246. The third-order valence-electron chi connectivity index (χ3n) is 0.946. The standard InChI is InChI=1S/C5H5F3N2O/c6-5(7,8)1-3-2-10-4(9)11-3/h2H,1H2,(H2,9,10). The summed E-state index contributed by atoms with van der Waals surface area (Å²) in [6, 6.07) is -0.246. The van der Waals surface area contributed by atoms with Crippen molar-refractivity contribution in [2.45, 2.75) is 12.6 Å². The second-order valence-electron chi connectivity index (χ2n) is 1.96. The van der Waals surface area contributed by atoms with E-state index in [0.29, 0.717) is 0 Å². The molecule has 0 aliphatic carbocycles. The van der Waals surface area contributed by atoms with Crippen molar-refractivity contribution in [2.75, 3.05) is 5.73 Å². The van der Waals surface area contributed by atoms with E-state index in [4.69, 9.17) is 5.73 Å². The number of alkyl halides is 3. The molecule has 1 rings (SSSR count). The van der Waals surface area contributed by atoms with E-state index in [0.717, 1.165) is 6.20 Å². The molecule has 0 unspecified atom stereocenters. The first-order valence-electron chi connectivity index (χ1n) is 2.74. The molecule has 0 aliphatic rings. The number of nitrogens with two attached hydrogens (primary N) is 1. The van der Waals surface area contributed by atoms with Crippen LogP contribution >= 0.6 is 0 Å². The van der Waals surface area contributed by atoms with Gasteiger partial charge in [-0.2, -0.15) is 13.2 Å². The minimum atomic E-state index is -4.27. The van der Waals surface area contributed by atoms with Crippen LogP contribution in [-0.2, 0) is 6.42 Å². The zero-order valence-electron chi connectivity index (χ0n) is 5.35. The zero-order chi connectivity index (χ0) is 8.48. The number of rotatable bonds is 1. The molecule has 0 aliphatic heterocycles. The normalized spacial score (nSPS) is 11.9. The van der Waals surface area contributed by atoms with Gasteiger partial charge in [0.05, 0.1) is 6.20 Å². The Morgan fingerprint density at radius 3 is 2.55 bits per heavy atom. The van der Waals surface area contributed by atoms with E-state index >= 15 is 0 Å². The van der Waals surface area contributed by atoms with Gasteiger partial charge in [0, 0.05) is 0 Å². The maximum Gasteiger partial charge on any atom is 0.396 e. The van der Waals surface area contributed by atoms with E-state index in [2.05, 4.69) is 9.40 Å². The number of hydrogen-bond donors (Lipinski definition) is 1. The largest absolute Gasteiger partial charge is 0.429 e. The fourth-order valence-corrected chi connectivity index (χ4v) is 0.602. The van der Waals surface area contributed by atoms with E-state index < -0.39 is 12.6 Å². The Hall–Kier alpha value is -1.20. The van der Waals surface area contributed by atoms with Crippen LogP contribution in [0, 0.1) is 0 Å². The highest BCUT2D eigenvalue weighted by atomic mass is 19.4. The van der Waals surface area contributed by atoms with E-state index in [1.165, 1.54) is 0 Å². The van der Waals surface area contributed by atoms with Crippen LogP contribution in [0.1, 0.15) is 5.76 Å². The van der Waals surface area contributed by atoms with E-state index in [1.807, 2.05) is 0 Å². The Morgan fingerprint density at radius 1 is 1.55 bits per heavy atom. The monoisotopic (exact) mass is 166 g/mol. The van der Waals surface area contributed by atoms with Crippen LogP contribution in [0.3, 0.4) is 0 Å². The molecule has 0 aromatic carbocycles. The Labute approximate surface area is 60.0 Å². The van der Waals surface area contributed by atoms with Crippen molar-refractivity contribution in [3.05, 3.63) is 12.0 Å². The van der Waals surface area contributed by atoms with Gasteiger partial charge < -0.3 is 10.2 Å². The average molecular weight is 166 g/mol. The molecule has 2 N–H and O–H groups in total. The van der Waals surface area contributed by atoms with Crippen LogP contribution in [0.2, 0.25) is 0 Å². The second-order valence-corrected chi connectivity index (χ2v) is 1.96. The average Bonchev–Trinajstić information content (AvgIpc) is 2.10. The summed E-state index contributed by atoms with van der Waals surface area (Å²) in [5, 5.41) is 0. The topological polar surface area (TPSA) is 52.0 Å². The Kier molecular flexibility index (Phi) is 1.76. The lowest BCUT2D eigenvalue weighted by Gasteiger charge is -2.00. The molecule has 3 nitrogen and oxygen atoms in total. The van der Waals surface area contributed by atoms with Crippen LogP contribution in [0.5, 0.6) is 0 Å². The zero-order valence-corrected chi connectivity index (χ0v) is 5.35. The smallest absolute Gasteiger partial charge is 0.396 e. The van der Waals surface area contributed by atoms with Crippen LogP contribution in [-0.4, -0.2) is 11.2 Å². The highest BCUT2D eigenvalue weighted by Crippen LogP contribution is 2.21. The third kappa shape index (κ3) is 2.48. The molecule has 1 aromatic rings. The molecule has 6 heteroatoms. The van der Waals surface area contributed by atoms with Gasteiger partial charge in [-0.1, -0.05) is 0 Å². The number of oxazole rings is 1. The fourth-order valence-electron chi connectivity index (χ4n) is 0.602. The lowest BCUT2D eigenvalue weighted by molar-refractivity contribution is -0.129. The quantitative estimate of drug-likeness (QED) is 0.685. The van der Waals surface area contributed by atoms with E-state index in [-0.39, 0.29) is 11.8 Å². The van der Waals surface area contributed by atoms with Gasteiger partial charge in [-0.05, 0) is 0 Å². The highest BCUT2D eigenvalue weighted by molar-refractivity contribution is 5.11. The van der Waals surface area contributed by atoms with Crippen molar-refractivity contribution in [1.82, 2.24) is 4.98 Å². The first-order valence-corrected chi connectivity index (χ1v) is 2.74. The maximum absolute atomic E-state index is 11.6. The fraction of sp³-hybridized carbons (Fsp3) is 0.400. The Balaban J connectivity index is 2.65. The van der Waals surface area contributed by atoms with Crippen molar-refractivity contribution >= 4 is 6.01 Å². The number of aromatic nitrogens is 1. The molecule has 0 spiro atoms. The van der Waals surface area contributed by atoms with Crippen molar-refractivity contribution in [2.24, 2.45) is 0 Å². The van der Waals surface area contributed by atoms with Crippen LogP contribution in [0.25, 0.3) is 0 Å². The molecule has 1 heterocycles.